The first kappa shape index (κ1) is 13.4. The predicted octanol–water partition coefficient (Wildman–Crippen LogP) is 3.80. The summed E-state index contributed by atoms with van der Waals surface area (Å²) < 4.78 is 5.81. The maximum atomic E-state index is 8.90. The lowest BCUT2D eigenvalue weighted by Gasteiger charge is -2.12. The third-order valence-electron chi connectivity index (χ3n) is 2.76. The summed E-state index contributed by atoms with van der Waals surface area (Å²) in [6.45, 7) is 4.29. The quantitative estimate of drug-likeness (QED) is 0.799. The smallest absolute Gasteiger partial charge is 0.129 e. The van der Waals surface area contributed by atoms with E-state index in [0.29, 0.717) is 17.3 Å². The van der Waals surface area contributed by atoms with E-state index in [1.807, 2.05) is 32.0 Å². The van der Waals surface area contributed by atoms with Crippen LogP contribution in [0.3, 0.4) is 0 Å². The van der Waals surface area contributed by atoms with Gasteiger partial charge >= 0.3 is 0 Å². The third-order valence-corrected chi connectivity index (χ3v) is 2.97. The van der Waals surface area contributed by atoms with Crippen LogP contribution in [-0.4, -0.2) is 4.98 Å². The van der Waals surface area contributed by atoms with E-state index >= 15 is 0 Å². The number of benzene rings is 1. The van der Waals surface area contributed by atoms with Gasteiger partial charge < -0.3 is 4.74 Å². The van der Waals surface area contributed by atoms with E-state index in [1.165, 1.54) is 0 Å². The van der Waals surface area contributed by atoms with Crippen molar-refractivity contribution in [3.63, 3.8) is 0 Å². The Labute approximate surface area is 117 Å². The summed E-state index contributed by atoms with van der Waals surface area (Å²) in [6.07, 6.45) is 1.65. The number of hydrogen-bond acceptors (Lipinski definition) is 3. The summed E-state index contributed by atoms with van der Waals surface area (Å²) in [6, 6.07) is 9.41. The van der Waals surface area contributed by atoms with Gasteiger partial charge in [0.05, 0.1) is 11.6 Å². The second kappa shape index (κ2) is 5.73. The van der Waals surface area contributed by atoms with Gasteiger partial charge in [-0.05, 0) is 54.8 Å². The molecular weight excluding hydrogens is 260 g/mol. The summed E-state index contributed by atoms with van der Waals surface area (Å²) in [4.78, 5) is 3.93. The van der Waals surface area contributed by atoms with E-state index in [9.17, 15) is 0 Å². The van der Waals surface area contributed by atoms with Crippen molar-refractivity contribution in [3.05, 3.63) is 57.9 Å². The Bertz CT molecular complexity index is 624. The highest BCUT2D eigenvalue weighted by Gasteiger charge is 2.07. The molecule has 0 N–H and O–H groups in total. The van der Waals surface area contributed by atoms with Gasteiger partial charge in [-0.1, -0.05) is 11.6 Å². The molecule has 0 aliphatic rings. The number of aryl methyl sites for hydroxylation is 2. The second-order valence-corrected chi connectivity index (χ2v) is 4.71. The van der Waals surface area contributed by atoms with Crippen LogP contribution in [0, 0.1) is 25.2 Å². The van der Waals surface area contributed by atoms with Crippen molar-refractivity contribution in [2.24, 2.45) is 0 Å². The van der Waals surface area contributed by atoms with E-state index in [-0.39, 0.29) is 0 Å². The van der Waals surface area contributed by atoms with Crippen LogP contribution in [0.1, 0.15) is 22.3 Å². The molecule has 96 valence electrons. The first-order chi connectivity index (χ1) is 9.10. The average molecular weight is 273 g/mol. The Kier molecular flexibility index (Phi) is 4.03. The molecule has 1 aromatic heterocycles. The minimum absolute atomic E-state index is 0.426. The van der Waals surface area contributed by atoms with Crippen LogP contribution in [0.5, 0.6) is 5.75 Å². The van der Waals surface area contributed by atoms with Crippen molar-refractivity contribution in [2.45, 2.75) is 20.5 Å². The van der Waals surface area contributed by atoms with Gasteiger partial charge in [-0.2, -0.15) is 5.26 Å². The SMILES string of the molecule is Cc1cc(C#N)cc(C)c1OCc1ccnc(Cl)c1. The zero-order valence-electron chi connectivity index (χ0n) is 10.8. The van der Waals surface area contributed by atoms with Gasteiger partial charge in [0.15, 0.2) is 0 Å². The van der Waals surface area contributed by atoms with Gasteiger partial charge in [-0.25, -0.2) is 4.98 Å². The van der Waals surface area contributed by atoms with Crippen molar-refractivity contribution < 1.29 is 4.74 Å². The molecule has 0 aliphatic carbocycles. The zero-order chi connectivity index (χ0) is 13.8. The van der Waals surface area contributed by atoms with Crippen molar-refractivity contribution in [3.8, 4) is 11.8 Å². The average Bonchev–Trinajstić information content (AvgIpc) is 2.37. The molecule has 0 aliphatic heterocycles. The highest BCUT2D eigenvalue weighted by Crippen LogP contribution is 2.25. The normalized spacial score (nSPS) is 10.0. The molecule has 0 bridgehead atoms. The Balaban J connectivity index is 2.18. The number of rotatable bonds is 3. The van der Waals surface area contributed by atoms with E-state index < -0.39 is 0 Å². The summed E-state index contributed by atoms with van der Waals surface area (Å²) in [5.74, 6) is 0.812. The Hall–Kier alpha value is -2.05. The predicted molar refractivity (Wildman–Crippen MR) is 74.2 cm³/mol. The van der Waals surface area contributed by atoms with E-state index in [2.05, 4.69) is 11.1 Å². The Morgan fingerprint density at radius 2 is 1.95 bits per heavy atom. The molecular formula is C15H13ClN2O. The minimum Gasteiger partial charge on any atom is -0.488 e. The molecule has 0 unspecified atom stereocenters. The molecule has 0 atom stereocenters. The molecule has 0 amide bonds. The molecule has 2 aromatic rings. The van der Waals surface area contributed by atoms with Crippen LogP contribution < -0.4 is 4.74 Å². The van der Waals surface area contributed by atoms with Gasteiger partial charge in [-0.15, -0.1) is 0 Å². The van der Waals surface area contributed by atoms with Crippen LogP contribution in [-0.2, 0) is 6.61 Å². The topological polar surface area (TPSA) is 45.9 Å². The second-order valence-electron chi connectivity index (χ2n) is 4.33. The van der Waals surface area contributed by atoms with Gasteiger partial charge in [0.1, 0.15) is 17.5 Å². The first-order valence-corrected chi connectivity index (χ1v) is 6.22. The van der Waals surface area contributed by atoms with Gasteiger partial charge in [0.2, 0.25) is 0 Å². The molecule has 19 heavy (non-hydrogen) atoms. The number of hydrogen-bond donors (Lipinski definition) is 0. The summed E-state index contributed by atoms with van der Waals surface area (Å²) >= 11 is 5.83. The lowest BCUT2D eigenvalue weighted by molar-refractivity contribution is 0.302. The lowest BCUT2D eigenvalue weighted by atomic mass is 10.1. The van der Waals surface area contributed by atoms with Gasteiger partial charge in [-0.3, -0.25) is 0 Å². The summed E-state index contributed by atoms with van der Waals surface area (Å²) in [5, 5.41) is 9.36. The molecule has 0 saturated carbocycles. The number of aromatic nitrogens is 1. The van der Waals surface area contributed by atoms with Gasteiger partial charge in [0.25, 0.3) is 0 Å². The summed E-state index contributed by atoms with van der Waals surface area (Å²) in [7, 11) is 0. The minimum atomic E-state index is 0.426. The largest absolute Gasteiger partial charge is 0.488 e. The number of halogens is 1. The number of nitriles is 1. The molecule has 1 aromatic carbocycles. The van der Waals surface area contributed by atoms with Gasteiger partial charge in [0, 0.05) is 6.20 Å². The zero-order valence-corrected chi connectivity index (χ0v) is 11.5. The number of pyridine rings is 1. The van der Waals surface area contributed by atoms with Crippen molar-refractivity contribution in [2.75, 3.05) is 0 Å². The van der Waals surface area contributed by atoms with Crippen LogP contribution >= 0.6 is 11.6 Å². The number of nitrogens with zero attached hydrogens (tertiary/aromatic N) is 2. The van der Waals surface area contributed by atoms with E-state index in [1.54, 1.807) is 12.3 Å². The van der Waals surface area contributed by atoms with Crippen molar-refractivity contribution in [1.29, 1.82) is 5.26 Å². The first-order valence-electron chi connectivity index (χ1n) is 5.84. The highest BCUT2D eigenvalue weighted by atomic mass is 35.5. The standard InChI is InChI=1S/C15H13ClN2O/c1-10-5-13(8-17)6-11(2)15(10)19-9-12-3-4-18-14(16)7-12/h3-7H,9H2,1-2H3. The molecule has 4 heteroatoms. The monoisotopic (exact) mass is 272 g/mol. The third kappa shape index (κ3) is 3.24. The maximum absolute atomic E-state index is 8.90. The lowest BCUT2D eigenvalue weighted by Crippen LogP contribution is -2.00. The fourth-order valence-corrected chi connectivity index (χ4v) is 2.13. The molecule has 1 heterocycles. The molecule has 2 rings (SSSR count). The van der Waals surface area contributed by atoms with Crippen molar-refractivity contribution >= 4 is 11.6 Å². The maximum Gasteiger partial charge on any atom is 0.129 e. The van der Waals surface area contributed by atoms with Crippen LogP contribution in [0.2, 0.25) is 5.15 Å². The van der Waals surface area contributed by atoms with Crippen LogP contribution in [0.25, 0.3) is 0 Å². The van der Waals surface area contributed by atoms with E-state index in [0.717, 1.165) is 22.4 Å². The fourth-order valence-electron chi connectivity index (χ4n) is 1.93. The highest BCUT2D eigenvalue weighted by molar-refractivity contribution is 6.29. The van der Waals surface area contributed by atoms with Crippen molar-refractivity contribution in [1.82, 2.24) is 4.98 Å². The molecule has 0 spiro atoms. The Morgan fingerprint density at radius 1 is 1.26 bits per heavy atom. The molecule has 0 fully saturated rings. The van der Waals surface area contributed by atoms with Crippen LogP contribution in [0.4, 0.5) is 0 Å². The summed E-state index contributed by atoms with van der Waals surface area (Å²) in [5.41, 5.74) is 3.52. The molecule has 3 nitrogen and oxygen atoms in total. The molecule has 0 radical (unpaired) electrons. The fraction of sp³-hybridized carbons (Fsp3) is 0.200. The van der Waals surface area contributed by atoms with Crippen LogP contribution in [0.15, 0.2) is 30.5 Å². The number of ether oxygens (including phenoxy) is 1. The Morgan fingerprint density at radius 3 is 2.53 bits per heavy atom. The van der Waals surface area contributed by atoms with E-state index in [4.69, 9.17) is 21.6 Å². The molecule has 0 saturated heterocycles.